The number of hydrogen-bond acceptors (Lipinski definition) is 5. The Balaban J connectivity index is 1.76. The van der Waals surface area contributed by atoms with Gasteiger partial charge in [0.1, 0.15) is 23.2 Å². The zero-order chi connectivity index (χ0) is 22.1. The quantitative estimate of drug-likeness (QED) is 0.477. The van der Waals surface area contributed by atoms with Gasteiger partial charge in [-0.1, -0.05) is 37.6 Å². The molecule has 1 amide bonds. The van der Waals surface area contributed by atoms with E-state index in [0.717, 1.165) is 11.3 Å². The summed E-state index contributed by atoms with van der Waals surface area (Å²) in [6, 6.07) is 20.9. The Kier molecular flexibility index (Phi) is 5.81. The van der Waals surface area contributed by atoms with Gasteiger partial charge in [0.25, 0.3) is 5.91 Å². The molecule has 3 aromatic rings. The highest BCUT2D eigenvalue weighted by Gasteiger charge is 2.35. The van der Waals surface area contributed by atoms with Crippen LogP contribution in [0.3, 0.4) is 0 Å². The first kappa shape index (κ1) is 21.1. The van der Waals surface area contributed by atoms with E-state index in [-0.39, 0.29) is 10.6 Å². The number of carbonyl (C=O) groups excluding carboxylic acids is 1. The van der Waals surface area contributed by atoms with E-state index in [4.69, 9.17) is 16.0 Å². The maximum Gasteiger partial charge on any atom is 0.266 e. The first-order valence-electron chi connectivity index (χ1n) is 9.78. The van der Waals surface area contributed by atoms with Gasteiger partial charge in [0.05, 0.1) is 5.03 Å². The van der Waals surface area contributed by atoms with Gasteiger partial charge in [0, 0.05) is 16.3 Å². The second kappa shape index (κ2) is 8.54. The molecule has 1 aliphatic rings. The van der Waals surface area contributed by atoms with Crippen LogP contribution in [0, 0.1) is 11.3 Å². The molecule has 156 valence electrons. The highest BCUT2D eigenvalue weighted by Crippen LogP contribution is 2.38. The average Bonchev–Trinajstić information content (AvgIpc) is 3.24. The highest BCUT2D eigenvalue weighted by molar-refractivity contribution is 7.84. The van der Waals surface area contributed by atoms with Crippen molar-refractivity contribution >= 4 is 35.8 Å². The first-order valence-corrected chi connectivity index (χ1v) is 10.6. The third-order valence-corrected chi connectivity index (χ3v) is 5.87. The molecule has 1 unspecified atom stereocenters. The van der Waals surface area contributed by atoms with Crippen molar-refractivity contribution < 1.29 is 9.21 Å². The number of carbonyl (C=O) groups is 1. The zero-order valence-corrected chi connectivity index (χ0v) is 18.6. The van der Waals surface area contributed by atoms with E-state index in [1.807, 2.05) is 54.6 Å². The number of nitriles is 1. The lowest BCUT2D eigenvalue weighted by atomic mass is 10.0. The van der Waals surface area contributed by atoms with Crippen LogP contribution in [0.5, 0.6) is 0 Å². The summed E-state index contributed by atoms with van der Waals surface area (Å²) in [7, 11) is 0. The number of furan rings is 1. The van der Waals surface area contributed by atoms with Crippen molar-refractivity contribution in [1.82, 2.24) is 5.32 Å². The van der Waals surface area contributed by atoms with Crippen molar-refractivity contribution in [3.8, 4) is 17.4 Å². The number of thiol groups is 1. The van der Waals surface area contributed by atoms with Crippen LogP contribution in [0.15, 0.2) is 75.7 Å². The minimum Gasteiger partial charge on any atom is -0.457 e. The van der Waals surface area contributed by atoms with Gasteiger partial charge >= 0.3 is 0 Å². The zero-order valence-electron chi connectivity index (χ0n) is 17.0. The molecule has 1 aromatic heterocycles. The molecule has 2 aromatic carbocycles. The lowest BCUT2D eigenvalue weighted by Gasteiger charge is -2.36. The minimum absolute atomic E-state index is 0.0444. The topological polar surface area (TPSA) is 69.3 Å². The number of amides is 1. The van der Waals surface area contributed by atoms with E-state index >= 15 is 0 Å². The second-order valence-electron chi connectivity index (χ2n) is 7.51. The lowest BCUT2D eigenvalue weighted by Crippen LogP contribution is -2.45. The van der Waals surface area contributed by atoms with Crippen molar-refractivity contribution in [2.75, 3.05) is 4.90 Å². The van der Waals surface area contributed by atoms with Gasteiger partial charge in [-0.3, -0.25) is 4.79 Å². The van der Waals surface area contributed by atoms with Gasteiger partial charge in [0.15, 0.2) is 6.17 Å². The fourth-order valence-electron chi connectivity index (χ4n) is 3.46. The molecular weight excluding hydrogens is 430 g/mol. The van der Waals surface area contributed by atoms with Gasteiger partial charge in [-0.25, -0.2) is 0 Å². The number of halogens is 1. The molecular formula is C24H20ClN3O2S. The van der Waals surface area contributed by atoms with Crippen LogP contribution in [0.25, 0.3) is 11.3 Å². The second-order valence-corrected chi connectivity index (χ2v) is 8.37. The van der Waals surface area contributed by atoms with Crippen molar-refractivity contribution in [3.63, 3.8) is 0 Å². The highest BCUT2D eigenvalue weighted by atomic mass is 35.5. The maximum atomic E-state index is 12.5. The minimum atomic E-state index is -0.650. The Hall–Kier alpha value is -3.14. The van der Waals surface area contributed by atoms with Crippen LogP contribution in [0.1, 0.15) is 37.3 Å². The molecule has 0 bridgehead atoms. The summed E-state index contributed by atoms with van der Waals surface area (Å²) in [5.74, 6) is 1.07. The van der Waals surface area contributed by atoms with Gasteiger partial charge in [-0.05, 0) is 60.0 Å². The van der Waals surface area contributed by atoms with Crippen LogP contribution in [-0.2, 0) is 4.79 Å². The molecule has 0 aliphatic carbocycles. The predicted octanol–water partition coefficient (Wildman–Crippen LogP) is 6.02. The Labute approximate surface area is 191 Å². The standard InChI is InChI=1S/C24H20ClN3O2S/c1-14(2)15-5-9-18(10-6-15)28-22(27-23(29)19(13-26)24(28)31)21-12-11-20(30-21)16-3-7-17(25)8-4-16/h3-12,14,22,31H,1-2H3,(H,27,29). The molecule has 5 nitrogen and oxygen atoms in total. The van der Waals surface area contributed by atoms with Crippen molar-refractivity contribution in [2.45, 2.75) is 25.9 Å². The molecule has 0 saturated heterocycles. The predicted molar refractivity (Wildman–Crippen MR) is 125 cm³/mol. The van der Waals surface area contributed by atoms with Gasteiger partial charge in [-0.2, -0.15) is 5.26 Å². The molecule has 0 saturated carbocycles. The number of nitrogens with one attached hydrogen (secondary N) is 1. The smallest absolute Gasteiger partial charge is 0.266 e. The summed E-state index contributed by atoms with van der Waals surface area (Å²) in [4.78, 5) is 14.3. The van der Waals surface area contributed by atoms with Crippen molar-refractivity contribution in [1.29, 1.82) is 5.26 Å². The molecule has 31 heavy (non-hydrogen) atoms. The van der Waals surface area contributed by atoms with Crippen LogP contribution in [-0.4, -0.2) is 5.91 Å². The monoisotopic (exact) mass is 449 g/mol. The van der Waals surface area contributed by atoms with E-state index in [0.29, 0.717) is 22.5 Å². The first-order chi connectivity index (χ1) is 14.9. The molecule has 1 atom stereocenters. The molecule has 0 spiro atoms. The average molecular weight is 450 g/mol. The van der Waals surface area contributed by atoms with Gasteiger partial charge in [0.2, 0.25) is 0 Å². The summed E-state index contributed by atoms with van der Waals surface area (Å²) < 4.78 is 6.09. The Morgan fingerprint density at radius 1 is 1.10 bits per heavy atom. The molecule has 0 radical (unpaired) electrons. The Morgan fingerprint density at radius 3 is 2.39 bits per heavy atom. The van der Waals surface area contributed by atoms with E-state index in [1.54, 1.807) is 17.0 Å². The molecule has 0 fully saturated rings. The fraction of sp³-hybridized carbons (Fsp3) is 0.167. The number of nitrogens with zero attached hydrogens (tertiary/aromatic N) is 2. The van der Waals surface area contributed by atoms with Gasteiger partial charge in [-0.15, -0.1) is 12.6 Å². The summed E-state index contributed by atoms with van der Waals surface area (Å²) in [5.41, 5.74) is 2.80. The third kappa shape index (κ3) is 4.07. The molecule has 1 N–H and O–H groups in total. The SMILES string of the molecule is CC(C)c1ccc(N2C(S)=C(C#N)C(=O)NC2c2ccc(-c3ccc(Cl)cc3)o2)cc1. The lowest BCUT2D eigenvalue weighted by molar-refractivity contribution is -0.118. The van der Waals surface area contributed by atoms with E-state index < -0.39 is 12.1 Å². The van der Waals surface area contributed by atoms with Gasteiger partial charge < -0.3 is 14.6 Å². The van der Waals surface area contributed by atoms with Crippen molar-refractivity contribution in [2.24, 2.45) is 0 Å². The Morgan fingerprint density at radius 2 is 1.77 bits per heavy atom. The summed E-state index contributed by atoms with van der Waals surface area (Å²) >= 11 is 10.5. The summed E-state index contributed by atoms with van der Waals surface area (Å²) in [6.07, 6.45) is -0.650. The third-order valence-electron chi connectivity index (χ3n) is 5.18. The molecule has 4 rings (SSSR count). The Bertz CT molecular complexity index is 1190. The number of rotatable bonds is 4. The maximum absolute atomic E-state index is 12.5. The van der Waals surface area contributed by atoms with Crippen LogP contribution in [0.4, 0.5) is 5.69 Å². The van der Waals surface area contributed by atoms with Crippen molar-refractivity contribution in [3.05, 3.63) is 87.6 Å². The fourth-order valence-corrected chi connectivity index (χ4v) is 3.97. The van der Waals surface area contributed by atoms with E-state index in [2.05, 4.69) is 31.8 Å². The normalized spacial score (nSPS) is 16.5. The molecule has 1 aliphatic heterocycles. The van der Waals surface area contributed by atoms with Crippen LogP contribution < -0.4 is 10.2 Å². The van der Waals surface area contributed by atoms with E-state index in [1.165, 1.54) is 5.56 Å². The largest absolute Gasteiger partial charge is 0.457 e. The van der Waals surface area contributed by atoms with Crippen LogP contribution in [0.2, 0.25) is 5.02 Å². The number of hydrogen-bond donors (Lipinski definition) is 2. The summed E-state index contributed by atoms with van der Waals surface area (Å²) in [5, 5.41) is 13.2. The molecule has 7 heteroatoms. The molecule has 2 heterocycles. The number of anilines is 1. The van der Waals surface area contributed by atoms with E-state index in [9.17, 15) is 10.1 Å². The number of benzene rings is 2. The van der Waals surface area contributed by atoms with Crippen LogP contribution >= 0.6 is 24.2 Å². The summed E-state index contributed by atoms with van der Waals surface area (Å²) in [6.45, 7) is 4.25.